The van der Waals surface area contributed by atoms with E-state index < -0.39 is 0 Å². The summed E-state index contributed by atoms with van der Waals surface area (Å²) in [6.07, 6.45) is 13.9. The molecule has 2 aromatic carbocycles. The fourth-order valence-corrected chi connectivity index (χ4v) is 2.94. The molecular formula is C25H24N2O4. The molecule has 0 aliphatic rings. The molecule has 0 atom stereocenters. The van der Waals surface area contributed by atoms with Crippen LogP contribution in [0, 0.1) is 10.1 Å². The molecule has 3 aromatic rings. The molecule has 0 bridgehead atoms. The van der Waals surface area contributed by atoms with Crippen LogP contribution in [0.4, 0.5) is 5.69 Å². The van der Waals surface area contributed by atoms with E-state index in [0.717, 1.165) is 30.4 Å². The highest BCUT2D eigenvalue weighted by Crippen LogP contribution is 2.26. The van der Waals surface area contributed by atoms with Gasteiger partial charge in [-0.05, 0) is 55.2 Å². The fourth-order valence-electron chi connectivity index (χ4n) is 2.94. The molecule has 0 fully saturated rings. The first kappa shape index (κ1) is 21.8. The van der Waals surface area contributed by atoms with Crippen molar-refractivity contribution in [3.05, 3.63) is 106 Å². The number of benzene rings is 2. The van der Waals surface area contributed by atoms with Gasteiger partial charge in [0.2, 0.25) is 0 Å². The minimum Gasteiger partial charge on any atom is -0.508 e. The molecule has 0 amide bonds. The Labute approximate surface area is 181 Å². The Kier molecular flexibility index (Phi) is 7.94. The molecule has 6 nitrogen and oxygen atoms in total. The van der Waals surface area contributed by atoms with E-state index in [0.29, 0.717) is 17.9 Å². The van der Waals surface area contributed by atoms with Gasteiger partial charge in [0.15, 0.2) is 0 Å². The molecule has 1 heterocycles. The largest absolute Gasteiger partial charge is 0.508 e. The normalized spacial score (nSPS) is 11.2. The number of nitrogens with zero attached hydrogens (tertiary/aromatic N) is 2. The van der Waals surface area contributed by atoms with E-state index in [2.05, 4.69) is 11.1 Å². The van der Waals surface area contributed by atoms with Crippen molar-refractivity contribution in [3.8, 4) is 11.5 Å². The van der Waals surface area contributed by atoms with Crippen molar-refractivity contribution in [2.24, 2.45) is 0 Å². The summed E-state index contributed by atoms with van der Waals surface area (Å²) in [7, 11) is 0. The maximum absolute atomic E-state index is 11.3. The van der Waals surface area contributed by atoms with Gasteiger partial charge in [-0.15, -0.1) is 0 Å². The van der Waals surface area contributed by atoms with Crippen LogP contribution < -0.4 is 4.74 Å². The van der Waals surface area contributed by atoms with Crippen molar-refractivity contribution in [1.29, 1.82) is 0 Å². The van der Waals surface area contributed by atoms with Crippen molar-refractivity contribution >= 4 is 17.8 Å². The molecule has 158 valence electrons. The summed E-state index contributed by atoms with van der Waals surface area (Å²) in [5.74, 6) is 0.828. The van der Waals surface area contributed by atoms with Gasteiger partial charge in [0.05, 0.1) is 10.5 Å². The van der Waals surface area contributed by atoms with Crippen LogP contribution in [0.5, 0.6) is 11.5 Å². The Morgan fingerprint density at radius 2 is 1.81 bits per heavy atom. The van der Waals surface area contributed by atoms with Crippen molar-refractivity contribution in [2.75, 3.05) is 0 Å². The molecule has 0 aliphatic heterocycles. The molecule has 31 heavy (non-hydrogen) atoms. The van der Waals surface area contributed by atoms with Gasteiger partial charge in [-0.1, -0.05) is 42.5 Å². The average Bonchev–Trinajstić information content (AvgIpc) is 2.79. The van der Waals surface area contributed by atoms with Crippen molar-refractivity contribution in [1.82, 2.24) is 4.98 Å². The van der Waals surface area contributed by atoms with Gasteiger partial charge < -0.3 is 9.84 Å². The summed E-state index contributed by atoms with van der Waals surface area (Å²) in [5.41, 5.74) is 2.54. The lowest BCUT2D eigenvalue weighted by molar-refractivity contribution is -0.385. The molecule has 0 spiro atoms. The molecule has 1 N–H and O–H groups in total. The highest BCUT2D eigenvalue weighted by Gasteiger charge is 2.12. The minimum absolute atomic E-state index is 0.0530. The zero-order chi connectivity index (χ0) is 21.9. The number of pyridine rings is 1. The number of ether oxygens (including phenoxy) is 1. The van der Waals surface area contributed by atoms with E-state index in [1.165, 1.54) is 6.07 Å². The second-order valence-electron chi connectivity index (χ2n) is 6.95. The zero-order valence-corrected chi connectivity index (χ0v) is 17.1. The lowest BCUT2D eigenvalue weighted by Crippen LogP contribution is -1.97. The third-order valence-electron chi connectivity index (χ3n) is 4.57. The predicted octanol–water partition coefficient (Wildman–Crippen LogP) is 6.17. The van der Waals surface area contributed by atoms with Crippen LogP contribution in [0.25, 0.3) is 12.2 Å². The predicted molar refractivity (Wildman–Crippen MR) is 122 cm³/mol. The summed E-state index contributed by atoms with van der Waals surface area (Å²) >= 11 is 0. The number of phenolic OH excluding ortho intramolecular Hbond substituents is 1. The lowest BCUT2D eigenvalue weighted by atomic mass is 10.1. The molecule has 0 radical (unpaired) electrons. The summed E-state index contributed by atoms with van der Waals surface area (Å²) < 4.78 is 5.76. The molecule has 6 heteroatoms. The van der Waals surface area contributed by atoms with Crippen molar-refractivity contribution in [2.45, 2.75) is 25.9 Å². The molecule has 0 unspecified atom stereocenters. The Balaban J connectivity index is 1.53. The Morgan fingerprint density at radius 1 is 1.03 bits per heavy atom. The van der Waals surface area contributed by atoms with Gasteiger partial charge >= 0.3 is 0 Å². The smallest absolute Gasteiger partial charge is 0.276 e. The number of unbranched alkanes of at least 4 members (excludes halogenated alkanes) is 2. The maximum Gasteiger partial charge on any atom is 0.276 e. The lowest BCUT2D eigenvalue weighted by Gasteiger charge is -2.07. The second-order valence-corrected chi connectivity index (χ2v) is 6.95. The summed E-state index contributed by atoms with van der Waals surface area (Å²) in [4.78, 5) is 15.0. The third-order valence-corrected chi connectivity index (χ3v) is 4.57. The molecular weight excluding hydrogens is 392 g/mol. The van der Waals surface area contributed by atoms with Crippen LogP contribution >= 0.6 is 0 Å². The van der Waals surface area contributed by atoms with Gasteiger partial charge in [-0.3, -0.25) is 15.1 Å². The van der Waals surface area contributed by atoms with E-state index >= 15 is 0 Å². The number of phenols is 1. The van der Waals surface area contributed by atoms with Gasteiger partial charge in [0.1, 0.15) is 18.1 Å². The summed E-state index contributed by atoms with van der Waals surface area (Å²) in [5, 5.41) is 20.6. The van der Waals surface area contributed by atoms with Gasteiger partial charge in [0, 0.05) is 24.0 Å². The van der Waals surface area contributed by atoms with Gasteiger partial charge in [0.25, 0.3) is 5.69 Å². The number of hydrogen-bond acceptors (Lipinski definition) is 5. The molecule has 0 saturated heterocycles. The quantitative estimate of drug-likeness (QED) is 0.243. The molecule has 0 aliphatic carbocycles. The number of rotatable bonds is 10. The number of hydrogen-bond donors (Lipinski definition) is 1. The average molecular weight is 416 g/mol. The summed E-state index contributed by atoms with van der Waals surface area (Å²) in [6, 6.07) is 15.5. The molecule has 3 rings (SSSR count). The van der Waals surface area contributed by atoms with Crippen LogP contribution in [0.3, 0.4) is 0 Å². The molecule has 1 aromatic heterocycles. The van der Waals surface area contributed by atoms with Gasteiger partial charge in [-0.25, -0.2) is 0 Å². The van der Waals surface area contributed by atoms with E-state index in [1.807, 2.05) is 36.4 Å². The highest BCUT2D eigenvalue weighted by atomic mass is 16.6. The Hall–Kier alpha value is -3.93. The standard InChI is InChI=1S/C25H24N2O4/c28-23-12-10-20(11-13-23)7-4-2-1-3-5-9-22-17-24(14-15-25(22)27(29)30)31-19-21-8-6-16-26-18-21/h4-18,28H,1-3,19H2/b7-4+,9-5+. The third kappa shape index (κ3) is 7.12. The number of aromatic hydroxyl groups is 1. The maximum atomic E-state index is 11.3. The highest BCUT2D eigenvalue weighted by molar-refractivity contribution is 5.63. The van der Waals surface area contributed by atoms with Crippen LogP contribution in [-0.4, -0.2) is 15.0 Å². The van der Waals surface area contributed by atoms with Gasteiger partial charge in [-0.2, -0.15) is 0 Å². The van der Waals surface area contributed by atoms with Crippen LogP contribution in [0.1, 0.15) is 36.0 Å². The number of nitro benzene ring substituents is 1. The van der Waals surface area contributed by atoms with Crippen molar-refractivity contribution in [3.63, 3.8) is 0 Å². The first-order valence-corrected chi connectivity index (χ1v) is 10.0. The number of nitro groups is 1. The van der Waals surface area contributed by atoms with E-state index in [9.17, 15) is 15.2 Å². The monoisotopic (exact) mass is 416 g/mol. The number of aromatic nitrogens is 1. The van der Waals surface area contributed by atoms with Crippen molar-refractivity contribution < 1.29 is 14.8 Å². The Bertz CT molecular complexity index is 1040. The zero-order valence-electron chi connectivity index (χ0n) is 17.1. The van der Waals surface area contributed by atoms with Crippen LogP contribution in [0.2, 0.25) is 0 Å². The Morgan fingerprint density at radius 3 is 2.52 bits per heavy atom. The molecule has 0 saturated carbocycles. The van der Waals surface area contributed by atoms with Crippen LogP contribution in [-0.2, 0) is 6.61 Å². The van der Waals surface area contributed by atoms with Crippen LogP contribution in [0.15, 0.2) is 79.1 Å². The minimum atomic E-state index is -0.384. The second kappa shape index (κ2) is 11.3. The summed E-state index contributed by atoms with van der Waals surface area (Å²) in [6.45, 7) is 0.349. The SMILES string of the molecule is O=[N+]([O-])c1ccc(OCc2cccnc2)cc1/C=C/CCC/C=C/c1ccc(O)cc1. The number of allylic oxidation sites excluding steroid dienone is 2. The van der Waals surface area contributed by atoms with E-state index in [4.69, 9.17) is 4.74 Å². The first-order chi connectivity index (χ1) is 15.1. The first-order valence-electron chi connectivity index (χ1n) is 10.0. The fraction of sp³-hybridized carbons (Fsp3) is 0.160. The topological polar surface area (TPSA) is 85.5 Å². The van der Waals surface area contributed by atoms with E-state index in [-0.39, 0.29) is 16.4 Å². The van der Waals surface area contributed by atoms with E-state index in [1.54, 1.807) is 42.7 Å².